The molecule has 0 saturated heterocycles. The van der Waals surface area contributed by atoms with Crippen molar-refractivity contribution < 1.29 is 4.79 Å². The number of carbonyl (C=O) groups is 1. The second-order valence-corrected chi connectivity index (χ2v) is 2.15. The fourth-order valence-corrected chi connectivity index (χ4v) is 0.428. The summed E-state index contributed by atoms with van der Waals surface area (Å²) in [6.45, 7) is 3.35. The number of hydrogen-bond donors (Lipinski definition) is 2. The summed E-state index contributed by atoms with van der Waals surface area (Å²) in [6.07, 6.45) is 3.26. The van der Waals surface area contributed by atoms with Crippen LogP contribution in [0.2, 0.25) is 0 Å². The van der Waals surface area contributed by atoms with Crippen molar-refractivity contribution in [3.63, 3.8) is 0 Å². The van der Waals surface area contributed by atoms with Crippen molar-refractivity contribution in [3.8, 4) is 0 Å². The minimum Gasteiger partial charge on any atom is -0.368 e. The highest BCUT2D eigenvalue weighted by atomic mass is 16.1. The molecular formula is C6H12N2O. The second-order valence-electron chi connectivity index (χ2n) is 2.15. The molecule has 0 radical (unpaired) electrons. The molecule has 3 heteroatoms. The zero-order valence-corrected chi connectivity index (χ0v) is 5.72. The van der Waals surface area contributed by atoms with Gasteiger partial charge in [0, 0.05) is 0 Å². The first kappa shape index (κ1) is 8.17. The Kier molecular flexibility index (Phi) is 2.40. The summed E-state index contributed by atoms with van der Waals surface area (Å²) >= 11 is 0. The fraction of sp³-hybridized carbons (Fsp3) is 0.500. The van der Waals surface area contributed by atoms with Crippen molar-refractivity contribution in [1.29, 1.82) is 0 Å². The molecule has 0 spiro atoms. The van der Waals surface area contributed by atoms with Crippen LogP contribution in [0.25, 0.3) is 0 Å². The largest absolute Gasteiger partial charge is 0.368 e. The molecule has 52 valence electrons. The van der Waals surface area contributed by atoms with Crippen LogP contribution in [0.4, 0.5) is 0 Å². The maximum atomic E-state index is 10.5. The maximum Gasteiger partial charge on any atom is 0.241 e. The predicted molar refractivity (Wildman–Crippen MR) is 36.6 cm³/mol. The van der Waals surface area contributed by atoms with Gasteiger partial charge in [0.05, 0.1) is 0 Å². The van der Waals surface area contributed by atoms with Crippen molar-refractivity contribution in [3.05, 3.63) is 12.2 Å². The van der Waals surface area contributed by atoms with E-state index < -0.39 is 11.4 Å². The van der Waals surface area contributed by atoms with Crippen molar-refractivity contribution >= 4 is 5.91 Å². The molecule has 0 fully saturated rings. The molecule has 9 heavy (non-hydrogen) atoms. The molecule has 1 unspecified atom stereocenters. The van der Waals surface area contributed by atoms with E-state index in [2.05, 4.69) is 0 Å². The first-order valence-electron chi connectivity index (χ1n) is 2.73. The third kappa shape index (κ3) is 2.28. The Morgan fingerprint density at radius 2 is 2.11 bits per heavy atom. The highest BCUT2D eigenvalue weighted by Crippen LogP contribution is 1.98. The van der Waals surface area contributed by atoms with Gasteiger partial charge < -0.3 is 11.5 Å². The Morgan fingerprint density at radius 3 is 2.22 bits per heavy atom. The van der Waals surface area contributed by atoms with Gasteiger partial charge >= 0.3 is 0 Å². The topological polar surface area (TPSA) is 69.1 Å². The van der Waals surface area contributed by atoms with Gasteiger partial charge in [-0.05, 0) is 13.8 Å². The van der Waals surface area contributed by atoms with E-state index in [0.717, 1.165) is 0 Å². The van der Waals surface area contributed by atoms with Gasteiger partial charge in [-0.1, -0.05) is 12.2 Å². The van der Waals surface area contributed by atoms with Crippen molar-refractivity contribution in [2.24, 2.45) is 11.5 Å². The molecule has 4 N–H and O–H groups in total. The summed E-state index contributed by atoms with van der Waals surface area (Å²) in [7, 11) is 0. The van der Waals surface area contributed by atoms with E-state index in [1.807, 2.05) is 0 Å². The molecule has 0 aromatic carbocycles. The number of allylic oxidation sites excluding steroid dienone is 1. The van der Waals surface area contributed by atoms with Gasteiger partial charge in [-0.2, -0.15) is 0 Å². The third-order valence-electron chi connectivity index (χ3n) is 1.04. The fourth-order valence-electron chi connectivity index (χ4n) is 0.428. The summed E-state index contributed by atoms with van der Waals surface area (Å²) in [5.41, 5.74) is 9.36. The molecule has 1 atom stereocenters. The Balaban J connectivity index is 4.19. The standard InChI is InChI=1S/C6H12N2O/c1-3-4-6(2,8)5(7)9/h3-4H,8H2,1-2H3,(H2,7,9). The third-order valence-corrected chi connectivity index (χ3v) is 1.04. The summed E-state index contributed by atoms with van der Waals surface area (Å²) in [5.74, 6) is -0.513. The van der Waals surface area contributed by atoms with Crippen LogP contribution in [0, 0.1) is 0 Å². The van der Waals surface area contributed by atoms with Crippen molar-refractivity contribution in [2.45, 2.75) is 19.4 Å². The molecule has 1 amide bonds. The van der Waals surface area contributed by atoms with Crippen LogP contribution in [0.5, 0.6) is 0 Å². The van der Waals surface area contributed by atoms with Crippen LogP contribution in [0.15, 0.2) is 12.2 Å². The first-order valence-corrected chi connectivity index (χ1v) is 2.73. The van der Waals surface area contributed by atoms with Gasteiger partial charge in [-0.3, -0.25) is 4.79 Å². The van der Waals surface area contributed by atoms with Gasteiger partial charge in [0.1, 0.15) is 5.54 Å². The lowest BCUT2D eigenvalue weighted by Crippen LogP contribution is -2.47. The Hall–Kier alpha value is -0.830. The zero-order chi connectivity index (χ0) is 7.49. The van der Waals surface area contributed by atoms with E-state index in [0.29, 0.717) is 0 Å². The van der Waals surface area contributed by atoms with Crippen LogP contribution in [0.3, 0.4) is 0 Å². The van der Waals surface area contributed by atoms with Gasteiger partial charge in [0.15, 0.2) is 0 Å². The van der Waals surface area contributed by atoms with E-state index in [1.165, 1.54) is 0 Å². The number of rotatable bonds is 2. The Labute approximate surface area is 54.7 Å². The lowest BCUT2D eigenvalue weighted by Gasteiger charge is -2.13. The first-order chi connectivity index (χ1) is 4.00. The molecule has 0 aromatic rings. The molecular weight excluding hydrogens is 116 g/mol. The SMILES string of the molecule is CC=CC(C)(N)C(N)=O. The van der Waals surface area contributed by atoms with Crippen LogP contribution >= 0.6 is 0 Å². The van der Waals surface area contributed by atoms with E-state index in [-0.39, 0.29) is 0 Å². The number of nitrogens with two attached hydrogens (primary N) is 2. The molecule has 0 aliphatic rings. The lowest BCUT2D eigenvalue weighted by molar-refractivity contribution is -0.121. The molecule has 0 aliphatic heterocycles. The van der Waals surface area contributed by atoms with Crippen LogP contribution < -0.4 is 11.5 Å². The van der Waals surface area contributed by atoms with Crippen molar-refractivity contribution in [1.82, 2.24) is 0 Å². The van der Waals surface area contributed by atoms with E-state index >= 15 is 0 Å². The van der Waals surface area contributed by atoms with Crippen LogP contribution in [-0.2, 0) is 4.79 Å². The summed E-state index contributed by atoms with van der Waals surface area (Å²) in [5, 5.41) is 0. The molecule has 0 aliphatic carbocycles. The number of hydrogen-bond acceptors (Lipinski definition) is 2. The smallest absolute Gasteiger partial charge is 0.241 e. The molecule has 3 nitrogen and oxygen atoms in total. The van der Waals surface area contributed by atoms with Crippen LogP contribution in [0.1, 0.15) is 13.8 Å². The summed E-state index contributed by atoms with van der Waals surface area (Å²) in [4.78, 5) is 10.5. The molecule has 0 aromatic heterocycles. The monoisotopic (exact) mass is 128 g/mol. The highest BCUT2D eigenvalue weighted by Gasteiger charge is 2.20. The van der Waals surface area contributed by atoms with E-state index in [4.69, 9.17) is 11.5 Å². The number of carbonyl (C=O) groups excluding carboxylic acids is 1. The molecule has 0 heterocycles. The van der Waals surface area contributed by atoms with Gasteiger partial charge in [-0.15, -0.1) is 0 Å². The normalized spacial score (nSPS) is 17.7. The van der Waals surface area contributed by atoms with Gasteiger partial charge in [0.25, 0.3) is 0 Å². The zero-order valence-electron chi connectivity index (χ0n) is 5.72. The van der Waals surface area contributed by atoms with Gasteiger partial charge in [-0.25, -0.2) is 0 Å². The average molecular weight is 128 g/mol. The second kappa shape index (κ2) is 2.64. The van der Waals surface area contributed by atoms with E-state index in [1.54, 1.807) is 26.0 Å². The number of primary amides is 1. The lowest BCUT2D eigenvalue weighted by atomic mass is 10.0. The number of amides is 1. The molecule has 0 rings (SSSR count). The van der Waals surface area contributed by atoms with Crippen LogP contribution in [-0.4, -0.2) is 11.4 Å². The molecule has 0 bridgehead atoms. The molecule has 0 saturated carbocycles. The average Bonchev–Trinajstić information content (AvgIpc) is 1.65. The van der Waals surface area contributed by atoms with Crippen molar-refractivity contribution in [2.75, 3.05) is 0 Å². The predicted octanol–water partition coefficient (Wildman–Crippen LogP) is -0.235. The Bertz CT molecular complexity index is 138. The van der Waals surface area contributed by atoms with E-state index in [9.17, 15) is 4.79 Å². The quantitative estimate of drug-likeness (QED) is 0.504. The minimum absolute atomic E-state index is 0.513. The van der Waals surface area contributed by atoms with Gasteiger partial charge in [0.2, 0.25) is 5.91 Å². The minimum atomic E-state index is -0.991. The summed E-state index contributed by atoms with van der Waals surface area (Å²) < 4.78 is 0. The highest BCUT2D eigenvalue weighted by molar-refractivity contribution is 5.86. The maximum absolute atomic E-state index is 10.5. The summed E-state index contributed by atoms with van der Waals surface area (Å²) in [6, 6.07) is 0. The Morgan fingerprint density at radius 1 is 1.67 bits per heavy atom.